The van der Waals surface area contributed by atoms with Crippen molar-refractivity contribution in [3.05, 3.63) is 52.8 Å². The molecule has 0 bridgehead atoms. The minimum atomic E-state index is -0.211. The number of hydrogen-bond donors (Lipinski definition) is 4. The summed E-state index contributed by atoms with van der Waals surface area (Å²) >= 11 is 5.78. The van der Waals surface area contributed by atoms with Crippen LogP contribution in [0.2, 0.25) is 5.02 Å². The number of amidine groups is 1. The lowest BCUT2D eigenvalue weighted by molar-refractivity contribution is 0.0946. The number of ether oxygens (including phenoxy) is 1. The maximum Gasteiger partial charge on any atom is 0.316 e. The van der Waals surface area contributed by atoms with Gasteiger partial charge in [-0.25, -0.2) is 20.9 Å². The lowest BCUT2D eigenvalue weighted by Crippen LogP contribution is -2.28. The lowest BCUT2D eigenvalue weighted by atomic mass is 10.2. The monoisotopic (exact) mass is 363 g/mol. The summed E-state index contributed by atoms with van der Waals surface area (Å²) in [4.78, 5) is 19.9. The van der Waals surface area contributed by atoms with Crippen LogP contribution in [0.3, 0.4) is 0 Å². The third-order valence-electron chi connectivity index (χ3n) is 2.94. The lowest BCUT2D eigenvalue weighted by Gasteiger charge is -2.07. The highest BCUT2D eigenvalue weighted by Gasteiger charge is 2.05. The fraction of sp³-hybridized carbons (Fsp3) is 0.200. The summed E-state index contributed by atoms with van der Waals surface area (Å²) in [5, 5.41) is 7.13. The Hall–Kier alpha value is -2.91. The number of amides is 1. The zero-order valence-corrected chi connectivity index (χ0v) is 14.2. The van der Waals surface area contributed by atoms with Crippen molar-refractivity contribution >= 4 is 23.3 Å². The number of carbonyl (C=O) groups is 1. The number of aromatic nitrogens is 2. The van der Waals surface area contributed by atoms with E-state index in [1.165, 1.54) is 12.4 Å². The molecular weight excluding hydrogens is 346 g/mol. The van der Waals surface area contributed by atoms with Gasteiger partial charge in [-0.15, -0.1) is 5.10 Å². The predicted molar refractivity (Wildman–Crippen MR) is 94.2 cm³/mol. The van der Waals surface area contributed by atoms with Gasteiger partial charge in [0.2, 0.25) is 0 Å². The van der Waals surface area contributed by atoms with Gasteiger partial charge in [-0.2, -0.15) is 0 Å². The third kappa shape index (κ3) is 5.90. The zero-order valence-electron chi connectivity index (χ0n) is 13.5. The van der Waals surface area contributed by atoms with Crippen LogP contribution >= 0.6 is 11.6 Å². The van der Waals surface area contributed by atoms with E-state index < -0.39 is 0 Å². The van der Waals surface area contributed by atoms with Gasteiger partial charge in [-0.05, 0) is 24.3 Å². The predicted octanol–water partition coefficient (Wildman–Crippen LogP) is 0.283. The van der Waals surface area contributed by atoms with Crippen LogP contribution in [0.4, 0.5) is 0 Å². The number of hydrazine groups is 1. The molecule has 0 spiro atoms. The second-order valence-corrected chi connectivity index (χ2v) is 5.16. The van der Waals surface area contributed by atoms with Crippen molar-refractivity contribution in [2.24, 2.45) is 10.8 Å². The first-order valence-corrected chi connectivity index (χ1v) is 7.72. The number of hydrazone groups is 1. The topological polar surface area (TPSA) is 127 Å². The Balaban J connectivity index is 1.76. The number of carbonyl (C=O) groups excluding carboxylic acids is 1. The molecule has 0 atom stereocenters. The largest absolute Gasteiger partial charge is 0.462 e. The molecule has 0 saturated heterocycles. The highest BCUT2D eigenvalue weighted by Crippen LogP contribution is 2.09. The molecule has 10 heteroatoms. The number of nitrogens with one attached hydrogen (secondary N) is 3. The van der Waals surface area contributed by atoms with Gasteiger partial charge in [0, 0.05) is 30.0 Å². The van der Waals surface area contributed by atoms with Gasteiger partial charge in [0.1, 0.15) is 6.61 Å². The molecule has 0 aliphatic carbocycles. The Labute approximate surface area is 149 Å². The molecule has 0 unspecified atom stereocenters. The van der Waals surface area contributed by atoms with E-state index >= 15 is 0 Å². The average Bonchev–Trinajstić information content (AvgIpc) is 2.64. The van der Waals surface area contributed by atoms with Crippen molar-refractivity contribution in [1.29, 1.82) is 0 Å². The third-order valence-corrected chi connectivity index (χ3v) is 3.19. The summed E-state index contributed by atoms with van der Waals surface area (Å²) in [6.45, 7) is 0.534. The molecule has 5 N–H and O–H groups in total. The van der Waals surface area contributed by atoms with Gasteiger partial charge < -0.3 is 15.8 Å². The highest BCUT2D eigenvalue weighted by atomic mass is 35.5. The van der Waals surface area contributed by atoms with Gasteiger partial charge in [0.25, 0.3) is 5.91 Å². The zero-order chi connectivity index (χ0) is 18.1. The van der Waals surface area contributed by atoms with Crippen LogP contribution in [-0.2, 0) is 0 Å². The molecule has 0 radical (unpaired) electrons. The van der Waals surface area contributed by atoms with Crippen LogP contribution in [0.25, 0.3) is 0 Å². The van der Waals surface area contributed by atoms with Gasteiger partial charge in [-0.3, -0.25) is 4.79 Å². The summed E-state index contributed by atoms with van der Waals surface area (Å²) in [5.41, 5.74) is 11.9. The van der Waals surface area contributed by atoms with Crippen LogP contribution < -0.4 is 26.7 Å². The molecule has 0 aliphatic heterocycles. The van der Waals surface area contributed by atoms with Gasteiger partial charge in [0.15, 0.2) is 5.84 Å². The van der Waals surface area contributed by atoms with E-state index in [1.54, 1.807) is 31.3 Å². The summed E-state index contributed by atoms with van der Waals surface area (Å²) in [5.74, 6) is 0.0219. The first-order valence-electron chi connectivity index (χ1n) is 7.34. The van der Waals surface area contributed by atoms with E-state index in [-0.39, 0.29) is 24.4 Å². The number of halogens is 1. The Morgan fingerprint density at radius 3 is 2.56 bits per heavy atom. The molecule has 132 valence electrons. The van der Waals surface area contributed by atoms with Crippen molar-refractivity contribution in [1.82, 2.24) is 26.2 Å². The van der Waals surface area contributed by atoms with Crippen LogP contribution in [0.1, 0.15) is 15.9 Å². The normalized spacial score (nSPS) is 11.0. The molecule has 9 nitrogen and oxygen atoms in total. The summed E-state index contributed by atoms with van der Waals surface area (Å²) in [6, 6.07) is 6.79. The SMILES string of the molecule is CNN/N=C(\N)c1cnc(OCCNC(=O)c2ccc(Cl)cc2)nc1. The molecular formula is C15H18ClN7O2. The van der Waals surface area contributed by atoms with E-state index in [2.05, 4.69) is 31.3 Å². The molecule has 1 aromatic carbocycles. The summed E-state index contributed by atoms with van der Waals surface area (Å²) < 4.78 is 5.36. The van der Waals surface area contributed by atoms with Crippen molar-refractivity contribution in [3.63, 3.8) is 0 Å². The summed E-state index contributed by atoms with van der Waals surface area (Å²) in [6.07, 6.45) is 2.98. The number of nitrogens with two attached hydrogens (primary N) is 1. The second-order valence-electron chi connectivity index (χ2n) is 4.72. The van der Waals surface area contributed by atoms with Crippen molar-refractivity contribution in [2.75, 3.05) is 20.2 Å². The molecule has 0 aliphatic rings. The Morgan fingerprint density at radius 1 is 1.24 bits per heavy atom. The van der Waals surface area contributed by atoms with Crippen LogP contribution in [0.15, 0.2) is 41.8 Å². The van der Waals surface area contributed by atoms with Gasteiger partial charge in [-0.1, -0.05) is 11.6 Å². The number of benzene rings is 1. The van der Waals surface area contributed by atoms with Crippen molar-refractivity contribution in [2.45, 2.75) is 0 Å². The van der Waals surface area contributed by atoms with Crippen LogP contribution in [-0.4, -0.2) is 41.9 Å². The first-order chi connectivity index (χ1) is 12.1. The molecule has 1 aromatic heterocycles. The second kappa shape index (κ2) is 9.40. The van der Waals surface area contributed by atoms with Crippen molar-refractivity contribution in [3.8, 4) is 6.01 Å². The molecule has 0 fully saturated rings. The molecule has 25 heavy (non-hydrogen) atoms. The van der Waals surface area contributed by atoms with Gasteiger partial charge >= 0.3 is 6.01 Å². The van der Waals surface area contributed by atoms with E-state index in [4.69, 9.17) is 22.1 Å². The molecule has 0 saturated carbocycles. The molecule has 1 amide bonds. The molecule has 2 aromatic rings. The van der Waals surface area contributed by atoms with E-state index in [9.17, 15) is 4.79 Å². The highest BCUT2D eigenvalue weighted by molar-refractivity contribution is 6.30. The standard InChI is InChI=1S/C15H18ClN7O2/c1-18-23-22-13(17)11-8-20-15(21-9-11)25-7-6-19-14(24)10-2-4-12(16)5-3-10/h2-5,8-9,18,23H,6-7H2,1H3,(H2,17,22)(H,19,24). The smallest absolute Gasteiger partial charge is 0.316 e. The Bertz CT molecular complexity index is 720. The van der Waals surface area contributed by atoms with E-state index in [0.29, 0.717) is 22.7 Å². The quantitative estimate of drug-likeness (QED) is 0.230. The van der Waals surface area contributed by atoms with Crippen molar-refractivity contribution < 1.29 is 9.53 Å². The average molecular weight is 364 g/mol. The van der Waals surface area contributed by atoms with E-state index in [1.807, 2.05) is 0 Å². The summed E-state index contributed by atoms with van der Waals surface area (Å²) in [7, 11) is 1.66. The molecule has 1 heterocycles. The fourth-order valence-electron chi connectivity index (χ4n) is 1.71. The van der Waals surface area contributed by atoms with Crippen LogP contribution in [0, 0.1) is 0 Å². The first kappa shape index (κ1) is 18.4. The number of hydrogen-bond acceptors (Lipinski definition) is 7. The number of rotatable bonds is 8. The Kier molecular flexibility index (Phi) is 6.93. The number of nitrogens with zero attached hydrogens (tertiary/aromatic N) is 3. The maximum atomic E-state index is 11.9. The van der Waals surface area contributed by atoms with Crippen LogP contribution in [0.5, 0.6) is 6.01 Å². The Morgan fingerprint density at radius 2 is 1.92 bits per heavy atom. The minimum Gasteiger partial charge on any atom is -0.462 e. The van der Waals surface area contributed by atoms with E-state index in [0.717, 1.165) is 0 Å². The maximum absolute atomic E-state index is 11.9. The fourth-order valence-corrected chi connectivity index (χ4v) is 1.84. The minimum absolute atomic E-state index is 0.180. The van der Waals surface area contributed by atoms with Gasteiger partial charge in [0.05, 0.1) is 12.1 Å². The molecule has 2 rings (SSSR count).